The smallest absolute Gasteiger partial charge is 0.111 e. The second-order valence-corrected chi connectivity index (χ2v) is 7.10. The third-order valence-corrected chi connectivity index (χ3v) is 5.20. The fourth-order valence-corrected chi connectivity index (χ4v) is 3.79. The number of alkyl halides is 1. The number of aromatic nitrogens is 2. The molecule has 0 spiro atoms. The molecule has 0 aliphatic heterocycles. The Hall–Kier alpha value is -0.730. The number of nitrogens with zero attached hydrogens (tertiary/aromatic N) is 2. The molecule has 0 atom stereocenters. The van der Waals surface area contributed by atoms with Crippen LogP contribution >= 0.6 is 23.2 Å². The fraction of sp³-hybridized carbons (Fsp3) is 0.588. The highest BCUT2D eigenvalue weighted by molar-refractivity contribution is 6.34. The normalized spacial score (nSPS) is 22.8. The first-order chi connectivity index (χ1) is 10.2. The summed E-state index contributed by atoms with van der Waals surface area (Å²) in [6.07, 6.45) is 6.14. The summed E-state index contributed by atoms with van der Waals surface area (Å²) in [7, 11) is 0. The van der Waals surface area contributed by atoms with Gasteiger partial charge in [-0.3, -0.25) is 0 Å². The van der Waals surface area contributed by atoms with E-state index in [4.69, 9.17) is 28.2 Å². The second-order valence-electron chi connectivity index (χ2n) is 6.31. The molecule has 21 heavy (non-hydrogen) atoms. The van der Waals surface area contributed by atoms with Crippen LogP contribution in [0.1, 0.15) is 38.4 Å². The van der Waals surface area contributed by atoms with Crippen LogP contribution in [0.3, 0.4) is 0 Å². The zero-order valence-electron chi connectivity index (χ0n) is 12.5. The zero-order valence-corrected chi connectivity index (χ0v) is 14.0. The number of hydrogen-bond donors (Lipinski definition) is 0. The van der Waals surface area contributed by atoms with E-state index in [0.29, 0.717) is 5.88 Å². The van der Waals surface area contributed by atoms with E-state index in [1.165, 1.54) is 25.7 Å². The predicted molar refractivity (Wildman–Crippen MR) is 90.3 cm³/mol. The van der Waals surface area contributed by atoms with Gasteiger partial charge in [0.25, 0.3) is 0 Å². The number of fused-ring (bicyclic) bond motifs is 1. The molecule has 0 bridgehead atoms. The van der Waals surface area contributed by atoms with E-state index in [-0.39, 0.29) is 0 Å². The average Bonchev–Trinajstić information content (AvgIpc) is 2.82. The number of rotatable bonds is 4. The number of aryl methyl sites for hydroxylation is 1. The van der Waals surface area contributed by atoms with Gasteiger partial charge in [-0.2, -0.15) is 0 Å². The predicted octanol–water partition coefficient (Wildman–Crippen LogP) is 5.30. The van der Waals surface area contributed by atoms with Crippen LogP contribution in [0, 0.1) is 11.8 Å². The van der Waals surface area contributed by atoms with Crippen molar-refractivity contribution in [1.29, 1.82) is 0 Å². The third-order valence-electron chi connectivity index (χ3n) is 4.70. The molecule has 1 aliphatic rings. The zero-order chi connectivity index (χ0) is 14.8. The molecular formula is C17H22Cl2N2. The van der Waals surface area contributed by atoms with Crippen molar-refractivity contribution in [3.8, 4) is 0 Å². The molecule has 0 saturated heterocycles. The Balaban J connectivity index is 1.92. The molecule has 2 nitrogen and oxygen atoms in total. The minimum absolute atomic E-state index is 0.600. The molecule has 1 heterocycles. The van der Waals surface area contributed by atoms with Crippen LogP contribution in [-0.4, -0.2) is 15.4 Å². The van der Waals surface area contributed by atoms with Crippen molar-refractivity contribution in [1.82, 2.24) is 9.55 Å². The van der Waals surface area contributed by atoms with Crippen LogP contribution in [-0.2, 0) is 13.0 Å². The van der Waals surface area contributed by atoms with E-state index in [1.54, 1.807) is 0 Å². The molecule has 1 aromatic carbocycles. The lowest BCUT2D eigenvalue weighted by Gasteiger charge is -2.27. The first-order valence-corrected chi connectivity index (χ1v) is 8.80. The number of benzene rings is 1. The minimum Gasteiger partial charge on any atom is -0.328 e. The number of hydrogen-bond acceptors (Lipinski definition) is 1. The Kier molecular flexibility index (Phi) is 4.75. The van der Waals surface area contributed by atoms with Crippen LogP contribution in [0.25, 0.3) is 11.0 Å². The second kappa shape index (κ2) is 6.58. The van der Waals surface area contributed by atoms with Gasteiger partial charge < -0.3 is 4.57 Å². The first-order valence-electron chi connectivity index (χ1n) is 7.88. The lowest BCUT2D eigenvalue weighted by atomic mass is 9.83. The van der Waals surface area contributed by atoms with Gasteiger partial charge in [0.05, 0.1) is 10.5 Å². The average molecular weight is 325 g/mol. The highest BCUT2D eigenvalue weighted by Gasteiger charge is 2.21. The lowest BCUT2D eigenvalue weighted by molar-refractivity contribution is 0.265. The molecular weight excluding hydrogens is 303 g/mol. The summed E-state index contributed by atoms with van der Waals surface area (Å²) in [6.45, 7) is 3.41. The monoisotopic (exact) mass is 324 g/mol. The van der Waals surface area contributed by atoms with Gasteiger partial charge >= 0.3 is 0 Å². The van der Waals surface area contributed by atoms with E-state index in [2.05, 4.69) is 17.6 Å². The van der Waals surface area contributed by atoms with Crippen LogP contribution in [0.15, 0.2) is 18.2 Å². The van der Waals surface area contributed by atoms with Gasteiger partial charge in [-0.25, -0.2) is 4.98 Å². The highest BCUT2D eigenvalue weighted by Crippen LogP contribution is 2.32. The van der Waals surface area contributed by atoms with Crippen molar-refractivity contribution < 1.29 is 0 Å². The Labute approximate surface area is 136 Å². The largest absolute Gasteiger partial charge is 0.328 e. The van der Waals surface area contributed by atoms with Crippen molar-refractivity contribution in [3.63, 3.8) is 0 Å². The van der Waals surface area contributed by atoms with Gasteiger partial charge in [-0.05, 0) is 36.8 Å². The van der Waals surface area contributed by atoms with Crippen LogP contribution in [0.4, 0.5) is 0 Å². The Bertz CT molecular complexity index is 613. The minimum atomic E-state index is 0.600. The summed E-state index contributed by atoms with van der Waals surface area (Å²) in [5.41, 5.74) is 2.07. The Morgan fingerprint density at radius 2 is 2.00 bits per heavy atom. The number of halogens is 2. The fourth-order valence-electron chi connectivity index (χ4n) is 3.41. The third kappa shape index (κ3) is 3.22. The molecule has 4 heteroatoms. The Morgan fingerprint density at radius 3 is 2.71 bits per heavy atom. The summed E-state index contributed by atoms with van der Waals surface area (Å²) in [6, 6.07) is 6.04. The number of imidazole rings is 1. The van der Waals surface area contributed by atoms with Gasteiger partial charge in [0.2, 0.25) is 0 Å². The standard InChI is InChI=1S/C17H22Cl2N2/c1-12-5-7-13(8-6-12)11-21-15-4-2-3-14(19)17(15)20-16(21)9-10-18/h2-4,12-13H,5-11H2,1H3. The van der Waals surface area contributed by atoms with Crippen molar-refractivity contribution in [3.05, 3.63) is 29.0 Å². The maximum atomic E-state index is 6.30. The van der Waals surface area contributed by atoms with E-state index < -0.39 is 0 Å². The van der Waals surface area contributed by atoms with E-state index >= 15 is 0 Å². The molecule has 1 aliphatic carbocycles. The van der Waals surface area contributed by atoms with Crippen molar-refractivity contribution in [2.45, 2.75) is 45.6 Å². The highest BCUT2D eigenvalue weighted by atomic mass is 35.5. The molecule has 2 aromatic rings. The molecule has 114 valence electrons. The molecule has 0 amide bonds. The summed E-state index contributed by atoms with van der Waals surface area (Å²) >= 11 is 12.2. The molecule has 3 rings (SSSR count). The van der Waals surface area contributed by atoms with E-state index in [9.17, 15) is 0 Å². The summed E-state index contributed by atoms with van der Waals surface area (Å²) in [5, 5.41) is 0.735. The molecule has 0 radical (unpaired) electrons. The van der Waals surface area contributed by atoms with E-state index in [0.717, 1.165) is 46.7 Å². The van der Waals surface area contributed by atoms with Crippen LogP contribution in [0.5, 0.6) is 0 Å². The van der Waals surface area contributed by atoms with Crippen molar-refractivity contribution in [2.75, 3.05) is 5.88 Å². The maximum Gasteiger partial charge on any atom is 0.111 e. The van der Waals surface area contributed by atoms with Gasteiger partial charge in [0.1, 0.15) is 11.3 Å². The van der Waals surface area contributed by atoms with Crippen molar-refractivity contribution in [2.24, 2.45) is 11.8 Å². The molecule has 1 saturated carbocycles. The lowest BCUT2D eigenvalue weighted by Crippen LogP contribution is -2.19. The molecule has 1 fully saturated rings. The molecule has 0 unspecified atom stereocenters. The van der Waals surface area contributed by atoms with Gasteiger partial charge in [-0.15, -0.1) is 11.6 Å². The van der Waals surface area contributed by atoms with Gasteiger partial charge in [-0.1, -0.05) is 37.4 Å². The van der Waals surface area contributed by atoms with Gasteiger partial charge in [0, 0.05) is 18.8 Å². The Morgan fingerprint density at radius 1 is 1.24 bits per heavy atom. The molecule has 1 aromatic heterocycles. The van der Waals surface area contributed by atoms with E-state index in [1.807, 2.05) is 12.1 Å². The molecule has 0 N–H and O–H groups in total. The SMILES string of the molecule is CC1CCC(Cn2c(CCCl)nc3c(Cl)cccc32)CC1. The van der Waals surface area contributed by atoms with Crippen LogP contribution < -0.4 is 0 Å². The number of para-hydroxylation sites is 1. The summed E-state index contributed by atoms with van der Waals surface area (Å²) < 4.78 is 2.35. The topological polar surface area (TPSA) is 17.8 Å². The quantitative estimate of drug-likeness (QED) is 0.698. The first kappa shape index (κ1) is 15.2. The summed E-state index contributed by atoms with van der Waals surface area (Å²) in [4.78, 5) is 4.73. The maximum absolute atomic E-state index is 6.30. The van der Waals surface area contributed by atoms with Gasteiger partial charge in [0.15, 0.2) is 0 Å². The summed E-state index contributed by atoms with van der Waals surface area (Å²) in [5.74, 6) is 3.32. The van der Waals surface area contributed by atoms with Crippen molar-refractivity contribution >= 4 is 34.2 Å². The van der Waals surface area contributed by atoms with Crippen LogP contribution in [0.2, 0.25) is 5.02 Å².